The second kappa shape index (κ2) is 50.3. The van der Waals surface area contributed by atoms with Gasteiger partial charge in [0.05, 0.1) is 55.9 Å². The molecule has 0 aliphatic rings. The number of nitrogens with two attached hydrogens (primary N) is 1. The van der Waals surface area contributed by atoms with Crippen LogP contribution in [0.2, 0.25) is 0 Å². The number of aliphatic hydroxyl groups is 8. The molecule has 6 aromatic rings. The third-order valence-corrected chi connectivity index (χ3v) is 15.0. The summed E-state index contributed by atoms with van der Waals surface area (Å²) in [5.41, 5.74) is 10.2. The molecular weight excluding hydrogens is 1200 g/mol. The molecule has 0 fully saturated rings. The molecule has 8 unspecified atom stereocenters. The second-order valence-electron chi connectivity index (χ2n) is 24.2. The van der Waals surface area contributed by atoms with E-state index in [1.165, 1.54) is 0 Å². The number of rotatable bonds is 38. The summed E-state index contributed by atoms with van der Waals surface area (Å²) in [7, 11) is 3.50. The highest BCUT2D eigenvalue weighted by molar-refractivity contribution is 5.75. The van der Waals surface area contributed by atoms with Gasteiger partial charge in [0.2, 0.25) is 11.8 Å². The molecule has 6 aromatic carbocycles. The van der Waals surface area contributed by atoms with Crippen LogP contribution >= 0.6 is 0 Å². The van der Waals surface area contributed by atoms with Crippen molar-refractivity contribution in [2.24, 2.45) is 11.7 Å². The first-order valence-corrected chi connectivity index (χ1v) is 34.2. The molecule has 0 bridgehead atoms. The van der Waals surface area contributed by atoms with Crippen LogP contribution in [0.25, 0.3) is 0 Å². The van der Waals surface area contributed by atoms with Gasteiger partial charge in [-0.05, 0) is 151 Å². The molecule has 17 heteroatoms. The highest BCUT2D eigenvalue weighted by Gasteiger charge is 2.15. The van der Waals surface area contributed by atoms with Gasteiger partial charge < -0.3 is 75.2 Å². The van der Waals surface area contributed by atoms with Crippen molar-refractivity contribution in [3.63, 3.8) is 0 Å². The maximum atomic E-state index is 11.4. The standard InChI is InChI=1S/C18H22O3.C16H25NO3.2C15H24O3.C14H21NO3/c1-2-7-17(19)15-10-6-11-16(12-15)21-13-18(20)14-8-4-3-5-9-14;1-4-7-15(18)13-8-5-9-14(12-13)20-11-6-10-16(19)17(2)3;1-4-6-14(16)12-7-5-8-13(9-12)18-10-15(17)11(2)3;1-3-6-13(16)11-18-14-9-5-8-12(10-14)15(17)7-4-2;1-2-5-13(16)11-6-3-7-12(10-11)18-9-4-8-14(15)17/h3-6,8-12,17-20H,2,7,13H2,1H3;5,8-9,12,15,18H,4,6-7,10-11H2,1-3H3;5,7-9,11,14-17H,4,6,10H2,1-3H3;5,8-10,13,15-17H,3-4,6-7,11H2,1-2H3;3,6-7,10,13,16H,2,4-5,8-9H2,1H3,(H2,15,17). The molecule has 0 saturated heterocycles. The molecule has 10 N–H and O–H groups in total. The van der Waals surface area contributed by atoms with Crippen LogP contribution in [-0.4, -0.2) is 117 Å². The van der Waals surface area contributed by atoms with Crippen molar-refractivity contribution < 1.29 is 74.1 Å². The van der Waals surface area contributed by atoms with Crippen LogP contribution in [0.4, 0.5) is 0 Å². The van der Waals surface area contributed by atoms with Gasteiger partial charge in [0.15, 0.2) is 0 Å². The fourth-order valence-corrected chi connectivity index (χ4v) is 9.26. The molecule has 6 rings (SSSR count). The van der Waals surface area contributed by atoms with Crippen molar-refractivity contribution in [1.82, 2.24) is 4.90 Å². The van der Waals surface area contributed by atoms with E-state index in [1.54, 1.807) is 19.0 Å². The van der Waals surface area contributed by atoms with Gasteiger partial charge >= 0.3 is 0 Å². The van der Waals surface area contributed by atoms with Crippen LogP contribution in [0.3, 0.4) is 0 Å². The number of carbonyl (C=O) groups excluding carboxylic acids is 2. The fraction of sp³-hybridized carbons (Fsp3) is 0.513. The van der Waals surface area contributed by atoms with Gasteiger partial charge in [-0.25, -0.2) is 0 Å². The lowest BCUT2D eigenvalue weighted by atomic mass is 10.1. The Kier molecular flexibility index (Phi) is 44.5. The summed E-state index contributed by atoms with van der Waals surface area (Å²) >= 11 is 0. The Balaban J connectivity index is 0.000000405. The van der Waals surface area contributed by atoms with Gasteiger partial charge in [0.25, 0.3) is 0 Å². The Hall–Kier alpha value is -7.06. The molecule has 0 radical (unpaired) electrons. The van der Waals surface area contributed by atoms with Crippen molar-refractivity contribution in [3.8, 4) is 28.7 Å². The van der Waals surface area contributed by atoms with Crippen molar-refractivity contribution >= 4 is 11.8 Å². The molecular formula is C78H116N2O15. The van der Waals surface area contributed by atoms with Gasteiger partial charge in [-0.1, -0.05) is 185 Å². The first-order valence-electron chi connectivity index (χ1n) is 34.2. The maximum Gasteiger partial charge on any atom is 0.222 e. The van der Waals surface area contributed by atoms with Crippen LogP contribution < -0.4 is 29.4 Å². The number of hydrogen-bond donors (Lipinski definition) is 9. The Morgan fingerprint density at radius 2 is 0.684 bits per heavy atom. The SMILES string of the molecule is CCCC(O)COc1cccc(C(O)CCC)c1.CCCC(O)c1cccc(OCC(O)C(C)C)c1.CCCC(O)c1cccc(OCC(O)c2ccccc2)c1.CCCC(O)c1cccc(OCCCC(=O)N(C)C)c1.CCCC(O)c1cccc(OCCCC(N)=O)c1. The van der Waals surface area contributed by atoms with E-state index in [9.17, 15) is 50.4 Å². The van der Waals surface area contributed by atoms with Crippen molar-refractivity contribution in [1.29, 1.82) is 0 Å². The number of primary amides is 1. The van der Waals surface area contributed by atoms with Crippen LogP contribution in [-0.2, 0) is 9.59 Å². The largest absolute Gasteiger partial charge is 0.494 e. The van der Waals surface area contributed by atoms with Gasteiger partial charge in [0.1, 0.15) is 54.7 Å². The Bertz CT molecular complexity index is 2930. The molecule has 0 saturated carbocycles. The zero-order chi connectivity index (χ0) is 70.3. The topological polar surface area (TPSA) is 271 Å². The van der Waals surface area contributed by atoms with Crippen LogP contribution in [0.1, 0.15) is 228 Å². The summed E-state index contributed by atoms with van der Waals surface area (Å²) in [6.07, 6.45) is 8.50. The van der Waals surface area contributed by atoms with Crippen LogP contribution in [0.15, 0.2) is 152 Å². The van der Waals surface area contributed by atoms with E-state index in [1.807, 2.05) is 207 Å². The van der Waals surface area contributed by atoms with E-state index in [0.717, 1.165) is 116 Å². The quantitative estimate of drug-likeness (QED) is 0.0163. The monoisotopic (exact) mass is 1320 g/mol. The summed E-state index contributed by atoms with van der Waals surface area (Å²) < 4.78 is 27.8. The molecule has 2 amide bonds. The van der Waals surface area contributed by atoms with E-state index < -0.39 is 48.8 Å². The van der Waals surface area contributed by atoms with Crippen molar-refractivity contribution in [3.05, 3.63) is 185 Å². The number of aliphatic hydroxyl groups excluding tert-OH is 8. The lowest BCUT2D eigenvalue weighted by molar-refractivity contribution is -0.128. The number of nitrogens with zero attached hydrogens (tertiary/aromatic N) is 1. The molecule has 0 aliphatic heterocycles. The normalized spacial score (nSPS) is 13.3. The van der Waals surface area contributed by atoms with Crippen molar-refractivity contribution in [2.75, 3.05) is 47.1 Å². The Morgan fingerprint density at radius 1 is 0.379 bits per heavy atom. The maximum absolute atomic E-state index is 11.4. The number of benzene rings is 6. The minimum absolute atomic E-state index is 0.112. The highest BCUT2D eigenvalue weighted by atomic mass is 16.5. The first-order chi connectivity index (χ1) is 45.6. The van der Waals surface area contributed by atoms with Gasteiger partial charge in [-0.3, -0.25) is 9.59 Å². The van der Waals surface area contributed by atoms with Gasteiger partial charge in [-0.15, -0.1) is 0 Å². The Morgan fingerprint density at radius 3 is 1.00 bits per heavy atom. The first kappa shape index (κ1) is 84.0. The number of hydrogen-bond acceptors (Lipinski definition) is 15. The number of carbonyl (C=O) groups is 2. The number of ether oxygens (including phenoxy) is 5. The lowest BCUT2D eigenvalue weighted by Crippen LogP contribution is -2.23. The minimum Gasteiger partial charge on any atom is -0.494 e. The second-order valence-corrected chi connectivity index (χ2v) is 24.2. The predicted octanol–water partition coefficient (Wildman–Crippen LogP) is 14.5. The van der Waals surface area contributed by atoms with Crippen LogP contribution in [0.5, 0.6) is 28.7 Å². The molecule has 0 heterocycles. The molecule has 8 atom stereocenters. The minimum atomic E-state index is -0.657. The zero-order valence-electron chi connectivity index (χ0n) is 58.4. The van der Waals surface area contributed by atoms with E-state index >= 15 is 0 Å². The smallest absolute Gasteiger partial charge is 0.222 e. The highest BCUT2D eigenvalue weighted by Crippen LogP contribution is 2.28. The predicted molar refractivity (Wildman–Crippen MR) is 379 cm³/mol. The summed E-state index contributed by atoms with van der Waals surface area (Å²) in [5.74, 6) is 3.50. The molecule has 0 aromatic heterocycles. The fourth-order valence-electron chi connectivity index (χ4n) is 9.26. The van der Waals surface area contributed by atoms with Gasteiger partial charge in [0, 0.05) is 26.9 Å². The average molecular weight is 1320 g/mol. The van der Waals surface area contributed by atoms with E-state index in [2.05, 4.69) is 0 Å². The third kappa shape index (κ3) is 37.1. The lowest BCUT2D eigenvalue weighted by Gasteiger charge is -2.16. The molecule has 17 nitrogen and oxygen atoms in total. The molecule has 95 heavy (non-hydrogen) atoms. The van der Waals surface area contributed by atoms with E-state index in [0.29, 0.717) is 68.5 Å². The third-order valence-electron chi connectivity index (χ3n) is 15.0. The van der Waals surface area contributed by atoms with Crippen LogP contribution in [0, 0.1) is 5.92 Å². The number of amides is 2. The zero-order valence-corrected chi connectivity index (χ0v) is 58.4. The summed E-state index contributed by atoms with van der Waals surface area (Å²) in [6.45, 7) is 17.9. The Labute approximate surface area is 567 Å². The average Bonchev–Trinajstić information content (AvgIpc) is 1.10. The van der Waals surface area contributed by atoms with Crippen molar-refractivity contribution in [2.45, 2.75) is 207 Å². The summed E-state index contributed by atoms with van der Waals surface area (Å²) in [6, 6.07) is 46.7. The van der Waals surface area contributed by atoms with Gasteiger partial charge in [-0.2, -0.15) is 0 Å². The molecule has 528 valence electrons. The molecule has 0 aliphatic carbocycles. The summed E-state index contributed by atoms with van der Waals surface area (Å²) in [4.78, 5) is 23.6. The molecule has 0 spiro atoms. The summed E-state index contributed by atoms with van der Waals surface area (Å²) in [5, 5.41) is 79.0. The van der Waals surface area contributed by atoms with E-state index in [-0.39, 0.29) is 30.9 Å². The van der Waals surface area contributed by atoms with E-state index in [4.69, 9.17) is 29.4 Å².